The molecule has 0 aliphatic carbocycles. The molecule has 0 fully saturated rings. The molecule has 0 amide bonds. The molecule has 0 saturated heterocycles. The maximum atomic E-state index is 13.4. The Kier molecular flexibility index (Phi) is 4.94. The van der Waals surface area contributed by atoms with Crippen LogP contribution in [0.3, 0.4) is 0 Å². The van der Waals surface area contributed by atoms with Crippen molar-refractivity contribution < 1.29 is 9.13 Å². The molecule has 0 radical (unpaired) electrons. The molecule has 0 aromatic heterocycles. The Hall–Kier alpha value is -1.91. The van der Waals surface area contributed by atoms with E-state index in [1.807, 2.05) is 32.0 Å². The highest BCUT2D eigenvalue weighted by Crippen LogP contribution is 2.29. The molecule has 2 aromatic carbocycles. The van der Waals surface area contributed by atoms with E-state index >= 15 is 0 Å². The predicted molar refractivity (Wildman–Crippen MR) is 82.6 cm³/mol. The highest BCUT2D eigenvalue weighted by Gasteiger charge is 2.17. The Morgan fingerprint density at radius 3 is 2.62 bits per heavy atom. The maximum Gasteiger partial charge on any atom is 0.123 e. The first-order valence-corrected chi connectivity index (χ1v) is 6.91. The molecule has 0 saturated carbocycles. The topological polar surface area (TPSA) is 47.3 Å². The lowest BCUT2D eigenvalue weighted by Gasteiger charge is -2.20. The molecule has 112 valence electrons. The zero-order valence-electron chi connectivity index (χ0n) is 12.6. The van der Waals surface area contributed by atoms with Crippen LogP contribution in [-0.2, 0) is 6.42 Å². The van der Waals surface area contributed by atoms with E-state index in [2.05, 4.69) is 5.43 Å². The summed E-state index contributed by atoms with van der Waals surface area (Å²) in [6.07, 6.45) is 0.597. The number of ether oxygens (including phenoxy) is 1. The van der Waals surface area contributed by atoms with Crippen LogP contribution in [0.15, 0.2) is 36.4 Å². The Bertz CT molecular complexity index is 628. The van der Waals surface area contributed by atoms with Gasteiger partial charge in [-0.1, -0.05) is 23.8 Å². The fourth-order valence-corrected chi connectivity index (χ4v) is 2.46. The van der Waals surface area contributed by atoms with Crippen molar-refractivity contribution in [2.24, 2.45) is 5.84 Å². The van der Waals surface area contributed by atoms with Gasteiger partial charge < -0.3 is 4.74 Å². The second kappa shape index (κ2) is 6.70. The van der Waals surface area contributed by atoms with Crippen LogP contribution >= 0.6 is 0 Å². The van der Waals surface area contributed by atoms with Crippen molar-refractivity contribution in [1.82, 2.24) is 5.43 Å². The van der Waals surface area contributed by atoms with Gasteiger partial charge >= 0.3 is 0 Å². The second-order valence-electron chi connectivity index (χ2n) is 5.24. The fourth-order valence-electron chi connectivity index (χ4n) is 2.46. The third-order valence-electron chi connectivity index (χ3n) is 3.70. The lowest BCUT2D eigenvalue weighted by Crippen LogP contribution is -2.30. The molecule has 3 nitrogen and oxygen atoms in total. The van der Waals surface area contributed by atoms with Crippen LogP contribution in [0.4, 0.5) is 4.39 Å². The highest BCUT2D eigenvalue weighted by atomic mass is 19.1. The Labute approximate surface area is 124 Å². The van der Waals surface area contributed by atoms with Gasteiger partial charge in [0.1, 0.15) is 11.6 Å². The molecule has 2 aromatic rings. The second-order valence-corrected chi connectivity index (χ2v) is 5.24. The first-order chi connectivity index (χ1) is 10.0. The standard InChI is InChI=1S/C17H21FN2O/c1-11-4-7-17(21-3)15(8-11)16(20-19)10-13-9-14(18)6-5-12(13)2/h4-9,16,20H,10,19H2,1-3H3. The summed E-state index contributed by atoms with van der Waals surface area (Å²) < 4.78 is 18.8. The Balaban J connectivity index is 2.36. The molecule has 1 unspecified atom stereocenters. The number of aryl methyl sites for hydroxylation is 2. The van der Waals surface area contributed by atoms with Crippen LogP contribution < -0.4 is 16.0 Å². The molecular formula is C17H21FN2O. The molecule has 4 heteroatoms. The zero-order chi connectivity index (χ0) is 15.4. The molecule has 0 spiro atoms. The summed E-state index contributed by atoms with van der Waals surface area (Å²) in [5.41, 5.74) is 6.89. The van der Waals surface area contributed by atoms with E-state index in [4.69, 9.17) is 10.6 Å². The summed E-state index contributed by atoms with van der Waals surface area (Å²) >= 11 is 0. The average molecular weight is 288 g/mol. The molecular weight excluding hydrogens is 267 g/mol. The van der Waals surface area contributed by atoms with Crippen molar-refractivity contribution in [1.29, 1.82) is 0 Å². The lowest BCUT2D eigenvalue weighted by molar-refractivity contribution is 0.398. The molecule has 2 rings (SSSR count). The summed E-state index contributed by atoms with van der Waals surface area (Å²) in [4.78, 5) is 0. The van der Waals surface area contributed by atoms with Crippen molar-refractivity contribution >= 4 is 0 Å². The van der Waals surface area contributed by atoms with Crippen LogP contribution in [0.2, 0.25) is 0 Å². The van der Waals surface area contributed by atoms with Crippen molar-refractivity contribution in [2.45, 2.75) is 26.3 Å². The first kappa shape index (κ1) is 15.5. The summed E-state index contributed by atoms with van der Waals surface area (Å²) in [5.74, 6) is 6.26. The summed E-state index contributed by atoms with van der Waals surface area (Å²) in [6, 6.07) is 10.6. The predicted octanol–water partition coefficient (Wildman–Crippen LogP) is 3.20. The minimum absolute atomic E-state index is 0.139. The number of rotatable bonds is 5. The number of hydrogen-bond donors (Lipinski definition) is 2. The van der Waals surface area contributed by atoms with Crippen molar-refractivity contribution in [3.05, 3.63) is 64.5 Å². The van der Waals surface area contributed by atoms with Crippen molar-refractivity contribution in [3.63, 3.8) is 0 Å². The van der Waals surface area contributed by atoms with Gasteiger partial charge in [0.2, 0.25) is 0 Å². The van der Waals surface area contributed by atoms with Gasteiger partial charge in [0, 0.05) is 5.56 Å². The van der Waals surface area contributed by atoms with Crippen LogP contribution in [-0.4, -0.2) is 7.11 Å². The van der Waals surface area contributed by atoms with E-state index in [0.29, 0.717) is 6.42 Å². The minimum atomic E-state index is -0.234. The average Bonchev–Trinajstić information content (AvgIpc) is 2.48. The van der Waals surface area contributed by atoms with Gasteiger partial charge in [0.25, 0.3) is 0 Å². The zero-order valence-corrected chi connectivity index (χ0v) is 12.6. The molecule has 3 N–H and O–H groups in total. The smallest absolute Gasteiger partial charge is 0.123 e. The highest BCUT2D eigenvalue weighted by molar-refractivity contribution is 5.40. The van der Waals surface area contributed by atoms with Crippen molar-refractivity contribution in [2.75, 3.05) is 7.11 Å². The molecule has 0 bridgehead atoms. The fraction of sp³-hybridized carbons (Fsp3) is 0.294. The Morgan fingerprint density at radius 2 is 1.95 bits per heavy atom. The van der Waals surface area contributed by atoms with Gasteiger partial charge in [0.15, 0.2) is 0 Å². The van der Waals surface area contributed by atoms with Crippen LogP contribution in [0.5, 0.6) is 5.75 Å². The summed E-state index contributed by atoms with van der Waals surface area (Å²) in [7, 11) is 1.63. The van der Waals surface area contributed by atoms with Crippen LogP contribution in [0.25, 0.3) is 0 Å². The van der Waals surface area contributed by atoms with E-state index in [1.165, 1.54) is 6.07 Å². The number of benzene rings is 2. The molecule has 0 heterocycles. The van der Waals surface area contributed by atoms with Crippen LogP contribution in [0.1, 0.15) is 28.3 Å². The van der Waals surface area contributed by atoms with Gasteiger partial charge in [-0.3, -0.25) is 11.3 Å². The third kappa shape index (κ3) is 3.60. The minimum Gasteiger partial charge on any atom is -0.496 e. The number of halogens is 1. The van der Waals surface area contributed by atoms with Gasteiger partial charge in [-0.15, -0.1) is 0 Å². The van der Waals surface area contributed by atoms with Gasteiger partial charge in [-0.25, -0.2) is 4.39 Å². The van der Waals surface area contributed by atoms with Crippen molar-refractivity contribution in [3.8, 4) is 5.75 Å². The van der Waals surface area contributed by atoms with Gasteiger partial charge in [-0.05, 0) is 49.6 Å². The normalized spacial score (nSPS) is 12.2. The van der Waals surface area contributed by atoms with E-state index in [-0.39, 0.29) is 11.9 Å². The number of nitrogens with two attached hydrogens (primary N) is 1. The van der Waals surface area contributed by atoms with E-state index in [9.17, 15) is 4.39 Å². The number of hydrogen-bond acceptors (Lipinski definition) is 3. The quantitative estimate of drug-likeness (QED) is 0.656. The summed E-state index contributed by atoms with van der Waals surface area (Å²) in [6.45, 7) is 3.99. The molecule has 0 aliphatic heterocycles. The monoisotopic (exact) mass is 288 g/mol. The molecule has 1 atom stereocenters. The SMILES string of the molecule is COc1ccc(C)cc1C(Cc1cc(F)ccc1C)NN. The van der Waals surface area contributed by atoms with Gasteiger partial charge in [-0.2, -0.15) is 0 Å². The van der Waals surface area contributed by atoms with E-state index in [0.717, 1.165) is 28.0 Å². The molecule has 21 heavy (non-hydrogen) atoms. The van der Waals surface area contributed by atoms with Crippen LogP contribution in [0, 0.1) is 19.7 Å². The third-order valence-corrected chi connectivity index (χ3v) is 3.70. The summed E-state index contributed by atoms with van der Waals surface area (Å²) in [5, 5.41) is 0. The Morgan fingerprint density at radius 1 is 1.19 bits per heavy atom. The van der Waals surface area contributed by atoms with E-state index < -0.39 is 0 Å². The number of nitrogens with one attached hydrogen (secondary N) is 1. The maximum absolute atomic E-state index is 13.4. The number of hydrazine groups is 1. The lowest BCUT2D eigenvalue weighted by atomic mass is 9.95. The molecule has 0 aliphatic rings. The number of methoxy groups -OCH3 is 1. The van der Waals surface area contributed by atoms with Gasteiger partial charge in [0.05, 0.1) is 13.2 Å². The first-order valence-electron chi connectivity index (χ1n) is 6.91. The van der Waals surface area contributed by atoms with E-state index in [1.54, 1.807) is 19.2 Å². The largest absolute Gasteiger partial charge is 0.496 e.